The van der Waals surface area contributed by atoms with Crippen molar-refractivity contribution in [3.05, 3.63) is 12.0 Å². The lowest BCUT2D eigenvalue weighted by Gasteiger charge is -2.34. The van der Waals surface area contributed by atoms with E-state index in [0.29, 0.717) is 6.04 Å². The van der Waals surface area contributed by atoms with Gasteiger partial charge in [0, 0.05) is 19.6 Å². The van der Waals surface area contributed by atoms with Crippen LogP contribution in [-0.2, 0) is 6.54 Å². The maximum Gasteiger partial charge on any atom is 0.297 e. The van der Waals surface area contributed by atoms with Gasteiger partial charge in [-0.25, -0.2) is 0 Å². The minimum atomic E-state index is 0.548. The molecule has 5 nitrogen and oxygen atoms in total. The Bertz CT molecular complexity index is 358. The number of nitrogens with one attached hydrogen (secondary N) is 1. The van der Waals surface area contributed by atoms with Crippen molar-refractivity contribution in [2.45, 2.75) is 32.4 Å². The van der Waals surface area contributed by atoms with E-state index in [1.807, 2.05) is 0 Å². The molecule has 2 rings (SSSR count). The SMILES string of the molecule is CCNCc1coc(N(C)C2CCN(C)CC2)n1. The molecule has 0 saturated carbocycles. The molecule has 0 atom stereocenters. The van der Waals surface area contributed by atoms with Gasteiger partial charge < -0.3 is 19.5 Å². The largest absolute Gasteiger partial charge is 0.432 e. The van der Waals surface area contributed by atoms with Gasteiger partial charge in [0.25, 0.3) is 6.01 Å². The Kier molecular flexibility index (Phi) is 4.60. The molecular formula is C13H24N4O. The standard InChI is InChI=1S/C13H24N4O/c1-4-14-9-11-10-18-13(15-11)17(3)12-5-7-16(2)8-6-12/h10,12,14H,4-9H2,1-3H3. The van der Waals surface area contributed by atoms with Gasteiger partial charge in [-0.15, -0.1) is 0 Å². The molecule has 2 heterocycles. The minimum absolute atomic E-state index is 0.548. The molecule has 0 radical (unpaired) electrons. The molecule has 0 amide bonds. The first kappa shape index (κ1) is 13.4. The topological polar surface area (TPSA) is 44.5 Å². The molecule has 0 aliphatic carbocycles. The normalized spacial score (nSPS) is 18.2. The highest BCUT2D eigenvalue weighted by atomic mass is 16.4. The Morgan fingerprint density at radius 3 is 2.89 bits per heavy atom. The summed E-state index contributed by atoms with van der Waals surface area (Å²) in [6, 6.07) is 1.30. The number of rotatable bonds is 5. The minimum Gasteiger partial charge on any atom is -0.432 e. The maximum atomic E-state index is 5.56. The number of anilines is 1. The quantitative estimate of drug-likeness (QED) is 0.856. The fraction of sp³-hybridized carbons (Fsp3) is 0.769. The van der Waals surface area contributed by atoms with E-state index in [4.69, 9.17) is 4.42 Å². The van der Waals surface area contributed by atoms with E-state index in [9.17, 15) is 0 Å². The van der Waals surface area contributed by atoms with Crippen LogP contribution in [0.5, 0.6) is 0 Å². The molecule has 18 heavy (non-hydrogen) atoms. The van der Waals surface area contributed by atoms with E-state index in [1.165, 1.54) is 12.8 Å². The van der Waals surface area contributed by atoms with Gasteiger partial charge in [0.15, 0.2) is 0 Å². The van der Waals surface area contributed by atoms with Gasteiger partial charge in [0.05, 0.1) is 5.69 Å². The molecule has 1 aromatic heterocycles. The van der Waals surface area contributed by atoms with Crippen molar-refractivity contribution < 1.29 is 4.42 Å². The van der Waals surface area contributed by atoms with Crippen LogP contribution in [0.15, 0.2) is 10.7 Å². The average molecular weight is 252 g/mol. The van der Waals surface area contributed by atoms with Crippen LogP contribution in [0.25, 0.3) is 0 Å². The smallest absolute Gasteiger partial charge is 0.297 e. The molecule has 0 bridgehead atoms. The summed E-state index contributed by atoms with van der Waals surface area (Å²) in [6.45, 7) is 6.12. The van der Waals surface area contributed by atoms with Crippen LogP contribution in [0.1, 0.15) is 25.5 Å². The lowest BCUT2D eigenvalue weighted by molar-refractivity contribution is 0.249. The van der Waals surface area contributed by atoms with Gasteiger partial charge >= 0.3 is 0 Å². The van der Waals surface area contributed by atoms with E-state index >= 15 is 0 Å². The fourth-order valence-electron chi connectivity index (χ4n) is 2.33. The highest BCUT2D eigenvalue weighted by Crippen LogP contribution is 2.21. The molecule has 5 heteroatoms. The van der Waals surface area contributed by atoms with E-state index in [-0.39, 0.29) is 0 Å². The summed E-state index contributed by atoms with van der Waals surface area (Å²) in [7, 11) is 4.26. The van der Waals surface area contributed by atoms with Crippen molar-refractivity contribution in [1.29, 1.82) is 0 Å². The molecule has 1 saturated heterocycles. The number of oxazole rings is 1. The van der Waals surface area contributed by atoms with Gasteiger partial charge in [-0.3, -0.25) is 0 Å². The monoisotopic (exact) mass is 252 g/mol. The lowest BCUT2D eigenvalue weighted by Crippen LogP contribution is -2.42. The highest BCUT2D eigenvalue weighted by Gasteiger charge is 2.23. The van der Waals surface area contributed by atoms with Gasteiger partial charge in [0.2, 0.25) is 0 Å². The first-order valence-corrected chi connectivity index (χ1v) is 6.77. The van der Waals surface area contributed by atoms with Crippen LogP contribution >= 0.6 is 0 Å². The van der Waals surface area contributed by atoms with Crippen LogP contribution in [0.4, 0.5) is 6.01 Å². The summed E-state index contributed by atoms with van der Waals surface area (Å²) < 4.78 is 5.56. The molecule has 1 aliphatic rings. The van der Waals surface area contributed by atoms with Gasteiger partial charge in [-0.2, -0.15) is 4.98 Å². The van der Waals surface area contributed by atoms with E-state index in [2.05, 4.69) is 41.1 Å². The zero-order chi connectivity index (χ0) is 13.0. The van der Waals surface area contributed by atoms with E-state index in [0.717, 1.165) is 37.9 Å². The van der Waals surface area contributed by atoms with Crippen molar-refractivity contribution in [1.82, 2.24) is 15.2 Å². The Labute approximate surface area is 109 Å². The van der Waals surface area contributed by atoms with Crippen molar-refractivity contribution in [2.75, 3.05) is 38.6 Å². The van der Waals surface area contributed by atoms with Crippen molar-refractivity contribution in [2.24, 2.45) is 0 Å². The zero-order valence-electron chi connectivity index (χ0n) is 11.6. The second-order valence-corrected chi connectivity index (χ2v) is 5.05. The Balaban J connectivity index is 1.91. The molecule has 1 aliphatic heterocycles. The Morgan fingerprint density at radius 1 is 1.50 bits per heavy atom. The highest BCUT2D eigenvalue weighted by molar-refractivity contribution is 5.27. The summed E-state index contributed by atoms with van der Waals surface area (Å²) in [5, 5.41) is 3.25. The lowest BCUT2D eigenvalue weighted by atomic mass is 10.0. The van der Waals surface area contributed by atoms with E-state index < -0.39 is 0 Å². The van der Waals surface area contributed by atoms with E-state index in [1.54, 1.807) is 6.26 Å². The van der Waals surface area contributed by atoms with Crippen molar-refractivity contribution in [3.8, 4) is 0 Å². The molecule has 1 N–H and O–H groups in total. The van der Waals surface area contributed by atoms with Gasteiger partial charge in [0.1, 0.15) is 6.26 Å². The summed E-state index contributed by atoms with van der Waals surface area (Å²) in [5.74, 6) is 0. The molecular weight excluding hydrogens is 228 g/mol. The van der Waals surface area contributed by atoms with Crippen LogP contribution in [0.2, 0.25) is 0 Å². The van der Waals surface area contributed by atoms with Crippen LogP contribution in [0, 0.1) is 0 Å². The number of aromatic nitrogens is 1. The zero-order valence-corrected chi connectivity index (χ0v) is 11.6. The first-order chi connectivity index (χ1) is 8.70. The fourth-order valence-corrected chi connectivity index (χ4v) is 2.33. The first-order valence-electron chi connectivity index (χ1n) is 6.77. The van der Waals surface area contributed by atoms with Crippen molar-refractivity contribution in [3.63, 3.8) is 0 Å². The molecule has 102 valence electrons. The second-order valence-electron chi connectivity index (χ2n) is 5.05. The van der Waals surface area contributed by atoms with Gasteiger partial charge in [-0.1, -0.05) is 6.92 Å². The van der Waals surface area contributed by atoms with Crippen LogP contribution in [-0.4, -0.2) is 49.7 Å². The molecule has 1 fully saturated rings. The number of hydrogen-bond donors (Lipinski definition) is 1. The van der Waals surface area contributed by atoms with Crippen LogP contribution < -0.4 is 10.2 Å². The summed E-state index contributed by atoms with van der Waals surface area (Å²) in [6.07, 6.45) is 4.11. The molecule has 1 aromatic rings. The molecule has 0 aromatic carbocycles. The summed E-state index contributed by atoms with van der Waals surface area (Å²) in [5.41, 5.74) is 0.978. The third kappa shape index (κ3) is 3.23. The number of likely N-dealkylation sites (tertiary alicyclic amines) is 1. The second kappa shape index (κ2) is 6.20. The Morgan fingerprint density at radius 2 is 2.22 bits per heavy atom. The molecule has 0 unspecified atom stereocenters. The predicted octanol–water partition coefficient (Wildman–Crippen LogP) is 1.31. The summed E-state index contributed by atoms with van der Waals surface area (Å²) in [4.78, 5) is 9.08. The predicted molar refractivity (Wildman–Crippen MR) is 72.8 cm³/mol. The number of piperidine rings is 1. The molecule has 0 spiro atoms. The van der Waals surface area contributed by atoms with Gasteiger partial charge in [-0.05, 0) is 39.5 Å². The van der Waals surface area contributed by atoms with Crippen LogP contribution in [0.3, 0.4) is 0 Å². The number of hydrogen-bond acceptors (Lipinski definition) is 5. The van der Waals surface area contributed by atoms with Crippen molar-refractivity contribution >= 4 is 6.01 Å². The number of nitrogens with zero attached hydrogens (tertiary/aromatic N) is 3. The third-order valence-electron chi connectivity index (χ3n) is 3.63. The summed E-state index contributed by atoms with van der Waals surface area (Å²) >= 11 is 0. The maximum absolute atomic E-state index is 5.56. The third-order valence-corrected chi connectivity index (χ3v) is 3.63. The Hall–Kier alpha value is -1.07. The average Bonchev–Trinajstić information content (AvgIpc) is 2.85.